The van der Waals surface area contributed by atoms with E-state index >= 15 is 0 Å². The van der Waals surface area contributed by atoms with E-state index in [1.165, 1.54) is 0 Å². The molecule has 3 rings (SSSR count). The number of ether oxygens (including phenoxy) is 2. The maximum absolute atomic E-state index is 10.5. The Morgan fingerprint density at radius 2 is 2.04 bits per heavy atom. The van der Waals surface area contributed by atoms with Crippen LogP contribution in [0.5, 0.6) is 0 Å². The summed E-state index contributed by atoms with van der Waals surface area (Å²) in [7, 11) is 0. The molecule has 2 N–H and O–H groups in total. The SMILES string of the molecule is O=C(O)CCCOC[C@@H]1[C@H](/C=C/C(O)Cc2ccccc2)[C@@H]2CC[C@H]1O2. The van der Waals surface area contributed by atoms with Crippen LogP contribution >= 0.6 is 0 Å². The van der Waals surface area contributed by atoms with E-state index in [9.17, 15) is 9.90 Å². The molecule has 0 aromatic heterocycles. The first-order chi connectivity index (χ1) is 12.6. The fourth-order valence-corrected chi connectivity index (χ4v) is 4.02. The second kappa shape index (κ2) is 9.31. The molecule has 2 heterocycles. The maximum Gasteiger partial charge on any atom is 0.303 e. The van der Waals surface area contributed by atoms with Gasteiger partial charge in [-0.25, -0.2) is 0 Å². The number of fused-ring (bicyclic) bond motifs is 2. The number of hydrogen-bond acceptors (Lipinski definition) is 4. The number of aliphatic hydroxyl groups is 1. The molecule has 2 aliphatic heterocycles. The van der Waals surface area contributed by atoms with E-state index < -0.39 is 12.1 Å². The molecule has 5 nitrogen and oxygen atoms in total. The van der Waals surface area contributed by atoms with Crippen molar-refractivity contribution in [3.8, 4) is 0 Å². The van der Waals surface area contributed by atoms with E-state index in [1.807, 2.05) is 36.4 Å². The van der Waals surface area contributed by atoms with E-state index in [2.05, 4.69) is 6.08 Å². The number of carboxylic acids is 1. The minimum absolute atomic E-state index is 0.141. The summed E-state index contributed by atoms with van der Waals surface area (Å²) in [4.78, 5) is 10.5. The summed E-state index contributed by atoms with van der Waals surface area (Å²) < 4.78 is 11.7. The fourth-order valence-electron chi connectivity index (χ4n) is 4.02. The molecule has 0 spiro atoms. The molecule has 142 valence electrons. The highest BCUT2D eigenvalue weighted by Gasteiger charge is 2.47. The van der Waals surface area contributed by atoms with Crippen molar-refractivity contribution in [1.29, 1.82) is 0 Å². The van der Waals surface area contributed by atoms with Gasteiger partial charge in [-0.05, 0) is 24.8 Å². The average molecular weight is 360 g/mol. The van der Waals surface area contributed by atoms with Crippen LogP contribution in [0.4, 0.5) is 0 Å². The van der Waals surface area contributed by atoms with Gasteiger partial charge in [0.1, 0.15) is 0 Å². The topological polar surface area (TPSA) is 76.0 Å². The van der Waals surface area contributed by atoms with Gasteiger partial charge in [-0.2, -0.15) is 0 Å². The molecule has 2 saturated heterocycles. The number of aliphatic carboxylic acids is 1. The van der Waals surface area contributed by atoms with Gasteiger partial charge < -0.3 is 19.7 Å². The summed E-state index contributed by atoms with van der Waals surface area (Å²) in [5.41, 5.74) is 1.12. The molecule has 2 fully saturated rings. The minimum Gasteiger partial charge on any atom is -0.481 e. The van der Waals surface area contributed by atoms with Crippen molar-refractivity contribution < 1.29 is 24.5 Å². The molecule has 1 aromatic carbocycles. The molecule has 1 unspecified atom stereocenters. The molecule has 0 radical (unpaired) electrons. The predicted octanol–water partition coefficient (Wildman–Crippen LogP) is 2.82. The number of aliphatic hydroxyl groups excluding tert-OH is 1. The Labute approximate surface area is 154 Å². The van der Waals surface area contributed by atoms with Crippen molar-refractivity contribution in [2.24, 2.45) is 11.8 Å². The van der Waals surface area contributed by atoms with Gasteiger partial charge >= 0.3 is 5.97 Å². The number of rotatable bonds is 10. The first-order valence-corrected chi connectivity index (χ1v) is 9.49. The Hall–Kier alpha value is -1.69. The Morgan fingerprint density at radius 3 is 2.81 bits per heavy atom. The zero-order chi connectivity index (χ0) is 18.4. The van der Waals surface area contributed by atoms with Gasteiger partial charge in [-0.15, -0.1) is 0 Å². The second-order valence-electron chi connectivity index (χ2n) is 7.25. The molecule has 2 bridgehead atoms. The van der Waals surface area contributed by atoms with Crippen molar-refractivity contribution in [1.82, 2.24) is 0 Å². The van der Waals surface area contributed by atoms with Crippen LogP contribution in [0.25, 0.3) is 0 Å². The molecule has 26 heavy (non-hydrogen) atoms. The molecular formula is C21H28O5. The summed E-state index contributed by atoms with van der Waals surface area (Å²) in [5, 5.41) is 19.0. The lowest BCUT2D eigenvalue weighted by Crippen LogP contribution is -2.30. The zero-order valence-corrected chi connectivity index (χ0v) is 15.0. The Morgan fingerprint density at radius 1 is 1.27 bits per heavy atom. The Bertz CT molecular complexity index is 600. The van der Waals surface area contributed by atoms with Gasteiger partial charge in [0.15, 0.2) is 0 Å². The average Bonchev–Trinajstić information content (AvgIpc) is 3.22. The molecule has 5 heteroatoms. The molecular weight excluding hydrogens is 332 g/mol. The molecule has 0 saturated carbocycles. The maximum atomic E-state index is 10.5. The van der Waals surface area contributed by atoms with Gasteiger partial charge in [0.05, 0.1) is 24.9 Å². The van der Waals surface area contributed by atoms with Crippen molar-refractivity contribution in [2.45, 2.75) is 50.4 Å². The number of carboxylic acid groups (broad SMARTS) is 1. The smallest absolute Gasteiger partial charge is 0.303 e. The van der Waals surface area contributed by atoms with E-state index in [4.69, 9.17) is 14.6 Å². The summed E-state index contributed by atoms with van der Waals surface area (Å²) in [6.07, 6.45) is 7.32. The number of hydrogen-bond donors (Lipinski definition) is 2. The van der Waals surface area contributed by atoms with Gasteiger partial charge in [0.2, 0.25) is 0 Å². The van der Waals surface area contributed by atoms with Crippen LogP contribution in [0, 0.1) is 11.8 Å². The Balaban J connectivity index is 1.49. The third-order valence-electron chi connectivity index (χ3n) is 5.32. The lowest BCUT2D eigenvalue weighted by atomic mass is 9.79. The van der Waals surface area contributed by atoms with E-state index in [1.54, 1.807) is 0 Å². The van der Waals surface area contributed by atoms with Crippen LogP contribution < -0.4 is 0 Å². The molecule has 0 amide bonds. The first kappa shape index (κ1) is 19.1. The molecule has 5 atom stereocenters. The molecule has 0 aliphatic carbocycles. The van der Waals surface area contributed by atoms with Crippen molar-refractivity contribution >= 4 is 5.97 Å². The minimum atomic E-state index is -0.787. The zero-order valence-electron chi connectivity index (χ0n) is 15.0. The summed E-state index contributed by atoms with van der Waals surface area (Å²) in [6, 6.07) is 9.97. The quantitative estimate of drug-likeness (QED) is 0.496. The third kappa shape index (κ3) is 5.16. The highest BCUT2D eigenvalue weighted by Crippen LogP contribution is 2.44. The van der Waals surface area contributed by atoms with Gasteiger partial charge in [0.25, 0.3) is 0 Å². The molecule has 2 aliphatic rings. The first-order valence-electron chi connectivity index (χ1n) is 9.49. The largest absolute Gasteiger partial charge is 0.481 e. The van der Waals surface area contributed by atoms with Crippen LogP contribution in [-0.4, -0.2) is 47.7 Å². The number of benzene rings is 1. The van der Waals surface area contributed by atoms with Crippen molar-refractivity contribution in [2.75, 3.05) is 13.2 Å². The van der Waals surface area contributed by atoms with E-state index in [0.717, 1.165) is 18.4 Å². The van der Waals surface area contributed by atoms with Gasteiger partial charge in [-0.3, -0.25) is 4.79 Å². The fraction of sp³-hybridized carbons (Fsp3) is 0.571. The molecule has 1 aromatic rings. The van der Waals surface area contributed by atoms with Crippen LogP contribution in [0.1, 0.15) is 31.2 Å². The predicted molar refractivity (Wildman–Crippen MR) is 97.9 cm³/mol. The Kier molecular flexibility index (Phi) is 6.83. The monoisotopic (exact) mass is 360 g/mol. The lowest BCUT2D eigenvalue weighted by molar-refractivity contribution is -0.137. The standard InChI is InChI=1S/C21H28O5/c22-16(13-15-5-2-1-3-6-15)8-9-17-18(20-11-10-19(17)26-20)14-25-12-4-7-21(23)24/h1-3,5-6,8-9,16-20,22H,4,7,10-14H2,(H,23,24)/b9-8+/t16?,17-,18+,19-,20+/m0/s1. The third-order valence-corrected chi connectivity index (χ3v) is 5.32. The number of carbonyl (C=O) groups is 1. The second-order valence-corrected chi connectivity index (χ2v) is 7.25. The highest BCUT2D eigenvalue weighted by molar-refractivity contribution is 5.66. The van der Waals surface area contributed by atoms with Crippen molar-refractivity contribution in [3.05, 3.63) is 48.0 Å². The summed E-state index contributed by atoms with van der Waals surface area (Å²) in [6.45, 7) is 1.05. The lowest BCUT2D eigenvalue weighted by Gasteiger charge is -2.25. The van der Waals surface area contributed by atoms with E-state index in [-0.39, 0.29) is 24.5 Å². The van der Waals surface area contributed by atoms with Crippen LogP contribution in [0.15, 0.2) is 42.5 Å². The van der Waals surface area contributed by atoms with E-state index in [0.29, 0.717) is 32.0 Å². The van der Waals surface area contributed by atoms with Gasteiger partial charge in [0, 0.05) is 31.3 Å². The van der Waals surface area contributed by atoms with Gasteiger partial charge in [-0.1, -0.05) is 42.5 Å². The van der Waals surface area contributed by atoms with Crippen LogP contribution in [-0.2, 0) is 20.7 Å². The normalized spacial score (nSPS) is 28.7. The highest BCUT2D eigenvalue weighted by atomic mass is 16.5. The summed E-state index contributed by atoms with van der Waals surface area (Å²) in [5.74, 6) is -0.234. The van der Waals surface area contributed by atoms with Crippen LogP contribution in [0.3, 0.4) is 0 Å². The van der Waals surface area contributed by atoms with Crippen LogP contribution in [0.2, 0.25) is 0 Å². The van der Waals surface area contributed by atoms with Crippen molar-refractivity contribution in [3.63, 3.8) is 0 Å². The summed E-state index contributed by atoms with van der Waals surface area (Å²) >= 11 is 0.